The van der Waals surface area contributed by atoms with Crippen molar-refractivity contribution in [1.29, 1.82) is 0 Å². The Morgan fingerprint density at radius 3 is 1.26 bits per heavy atom. The zero-order chi connectivity index (χ0) is 23.1. The summed E-state index contributed by atoms with van der Waals surface area (Å²) in [5.74, 6) is -0.987. The number of carboxylic acid groups (broad SMARTS) is 1. The lowest BCUT2D eigenvalue weighted by atomic mass is 10.3. The number of rotatable bonds is 5. The lowest BCUT2D eigenvalue weighted by molar-refractivity contribution is -0.133. The lowest BCUT2D eigenvalue weighted by Crippen LogP contribution is -2.10. The number of aliphatic hydroxyl groups excluding tert-OH is 5. The van der Waals surface area contributed by atoms with Gasteiger partial charge in [-0.25, -0.2) is 4.79 Å². The first-order valence-corrected chi connectivity index (χ1v) is 8.86. The molecule has 0 spiro atoms. The van der Waals surface area contributed by atoms with Crippen LogP contribution < -0.4 is 0 Å². The highest BCUT2D eigenvalue weighted by molar-refractivity contribution is 5.85. The van der Waals surface area contributed by atoms with Crippen molar-refractivity contribution in [1.82, 2.24) is 0 Å². The highest BCUT2D eigenvalue weighted by atomic mass is 16.7. The molecule has 1 atom stereocenters. The molecule has 0 heterocycles. The molecular formula is C18H44O9. The molecule has 0 aliphatic rings. The van der Waals surface area contributed by atoms with E-state index in [1.165, 1.54) is 13.2 Å². The Morgan fingerprint density at radius 2 is 1.07 bits per heavy atom. The molecule has 0 aromatic heterocycles. The van der Waals surface area contributed by atoms with Crippen LogP contribution in [-0.4, -0.2) is 82.5 Å². The fourth-order valence-electron chi connectivity index (χ4n) is 0.522. The number of hydrogen-bond donors (Lipinski definition) is 6. The molecule has 0 aliphatic heterocycles. The van der Waals surface area contributed by atoms with Crippen LogP contribution in [0, 0.1) is 0 Å². The van der Waals surface area contributed by atoms with Gasteiger partial charge in [-0.15, -0.1) is 0 Å². The van der Waals surface area contributed by atoms with Gasteiger partial charge in [0.05, 0.1) is 11.8 Å². The summed E-state index contributed by atoms with van der Waals surface area (Å²) in [5.41, 5.74) is 0.154. The number of hydrogen-bond acceptors (Lipinski definition) is 8. The van der Waals surface area contributed by atoms with E-state index in [1.807, 2.05) is 6.92 Å². The van der Waals surface area contributed by atoms with Gasteiger partial charge in [0.15, 0.2) is 6.29 Å². The molecule has 0 aromatic carbocycles. The highest BCUT2D eigenvalue weighted by Gasteiger charge is 2.02. The van der Waals surface area contributed by atoms with Crippen molar-refractivity contribution in [3.05, 3.63) is 11.8 Å². The number of carboxylic acids is 1. The normalized spacial score (nSPS) is 9.59. The Balaban J connectivity index is -0.0000000604. The number of ether oxygens (including phenoxy) is 2. The zero-order valence-corrected chi connectivity index (χ0v) is 18.3. The van der Waals surface area contributed by atoms with E-state index in [1.54, 1.807) is 41.5 Å². The molecule has 9 heteroatoms. The maximum Gasteiger partial charge on any atom is 0.334 e. The summed E-state index contributed by atoms with van der Waals surface area (Å²) in [6.07, 6.45) is 0.784. The van der Waals surface area contributed by atoms with Crippen LogP contribution in [0.25, 0.3) is 0 Å². The Labute approximate surface area is 164 Å². The van der Waals surface area contributed by atoms with Crippen LogP contribution in [0.1, 0.15) is 55.4 Å². The van der Waals surface area contributed by atoms with Gasteiger partial charge < -0.3 is 40.1 Å². The first kappa shape index (κ1) is 40.5. The van der Waals surface area contributed by atoms with Gasteiger partial charge in [-0.2, -0.15) is 0 Å². The van der Waals surface area contributed by atoms with Gasteiger partial charge in [0, 0.05) is 39.6 Å². The van der Waals surface area contributed by atoms with Crippen LogP contribution in [0.2, 0.25) is 0 Å². The van der Waals surface area contributed by atoms with Crippen LogP contribution in [0.15, 0.2) is 11.8 Å². The van der Waals surface area contributed by atoms with E-state index in [9.17, 15) is 4.79 Å². The summed E-state index contributed by atoms with van der Waals surface area (Å²) in [6.45, 7) is 15.2. The van der Waals surface area contributed by atoms with Crippen molar-refractivity contribution < 1.29 is 44.9 Å². The Kier molecular flexibility index (Phi) is 74.6. The van der Waals surface area contributed by atoms with Crippen LogP contribution >= 0.6 is 0 Å². The Morgan fingerprint density at radius 1 is 0.815 bits per heavy atom. The third kappa shape index (κ3) is 111. The second-order valence-corrected chi connectivity index (χ2v) is 3.85. The number of aliphatic hydroxyl groups is 5. The van der Waals surface area contributed by atoms with Gasteiger partial charge in [-0.1, -0.05) is 0 Å². The fourth-order valence-corrected chi connectivity index (χ4v) is 0.522. The average Bonchev–Trinajstić information content (AvgIpc) is 2.56. The molecule has 0 aliphatic carbocycles. The second kappa shape index (κ2) is 49.8. The van der Waals surface area contributed by atoms with Crippen LogP contribution in [-0.2, 0) is 14.3 Å². The van der Waals surface area contributed by atoms with Gasteiger partial charge in [-0.3, -0.25) is 0 Å². The molecule has 0 radical (unpaired) electrons. The molecule has 9 nitrogen and oxygen atoms in total. The summed E-state index contributed by atoms with van der Waals surface area (Å²) in [5, 5.41) is 46.3. The van der Waals surface area contributed by atoms with Crippen LogP contribution in [0.3, 0.4) is 0 Å². The van der Waals surface area contributed by atoms with Crippen molar-refractivity contribution in [3.8, 4) is 0 Å². The van der Waals surface area contributed by atoms with Crippen molar-refractivity contribution in [2.24, 2.45) is 0 Å². The van der Waals surface area contributed by atoms with Gasteiger partial charge in [0.2, 0.25) is 0 Å². The minimum Gasteiger partial charge on any atom is -0.478 e. The molecule has 27 heavy (non-hydrogen) atoms. The SMILES string of the molecule is CCO.CCO.CCO.CCO.CCO.CCOC(C)OC=C(C)C(=O)O. The number of carbonyl (C=O) groups is 1. The molecule has 170 valence electrons. The van der Waals surface area contributed by atoms with E-state index < -0.39 is 12.3 Å². The quantitative estimate of drug-likeness (QED) is 0.226. The van der Waals surface area contributed by atoms with E-state index >= 15 is 0 Å². The Bertz CT molecular complexity index is 235. The Hall–Kier alpha value is -1.23. The largest absolute Gasteiger partial charge is 0.478 e. The number of aliphatic carboxylic acids is 1. The van der Waals surface area contributed by atoms with E-state index in [2.05, 4.69) is 0 Å². The molecule has 0 saturated carbocycles. The first-order valence-electron chi connectivity index (χ1n) is 8.86. The minimum absolute atomic E-state index is 0.154. The molecule has 1 unspecified atom stereocenters. The van der Waals surface area contributed by atoms with Gasteiger partial charge in [-0.05, 0) is 55.4 Å². The first-order chi connectivity index (χ1) is 12.6. The molecule has 0 aromatic rings. The van der Waals surface area contributed by atoms with Crippen LogP contribution in [0.5, 0.6) is 0 Å². The molecule has 0 saturated heterocycles. The summed E-state index contributed by atoms with van der Waals surface area (Å²) >= 11 is 0. The van der Waals surface area contributed by atoms with E-state index in [0.29, 0.717) is 6.61 Å². The molecule has 0 fully saturated rings. The van der Waals surface area contributed by atoms with Gasteiger partial charge >= 0.3 is 5.97 Å². The second-order valence-electron chi connectivity index (χ2n) is 3.85. The standard InChI is InChI=1S/C8H14O4.5C2H6O/c1-4-11-7(3)12-5-6(2)8(9)10;5*1-2-3/h5,7H,4H2,1-3H3,(H,9,10);5*3H,2H2,1H3. The van der Waals surface area contributed by atoms with Crippen molar-refractivity contribution in [2.45, 2.75) is 61.7 Å². The van der Waals surface area contributed by atoms with Crippen molar-refractivity contribution in [3.63, 3.8) is 0 Å². The maximum absolute atomic E-state index is 10.3. The predicted octanol–water partition coefficient (Wildman–Crippen LogP) is 1.37. The third-order valence-corrected chi connectivity index (χ3v) is 1.18. The van der Waals surface area contributed by atoms with Gasteiger partial charge in [0.1, 0.15) is 0 Å². The van der Waals surface area contributed by atoms with E-state index in [-0.39, 0.29) is 38.6 Å². The minimum atomic E-state index is -0.987. The maximum atomic E-state index is 10.3. The summed E-state index contributed by atoms with van der Waals surface area (Å²) in [7, 11) is 0. The molecule has 0 bridgehead atoms. The monoisotopic (exact) mass is 404 g/mol. The van der Waals surface area contributed by atoms with Crippen molar-refractivity contribution >= 4 is 5.97 Å². The van der Waals surface area contributed by atoms with Crippen LogP contribution in [0.4, 0.5) is 0 Å². The zero-order valence-electron chi connectivity index (χ0n) is 18.3. The summed E-state index contributed by atoms with van der Waals surface area (Å²) in [6, 6.07) is 0. The van der Waals surface area contributed by atoms with E-state index in [4.69, 9.17) is 40.1 Å². The smallest absolute Gasteiger partial charge is 0.334 e. The summed E-state index contributed by atoms with van der Waals surface area (Å²) in [4.78, 5) is 10.3. The summed E-state index contributed by atoms with van der Waals surface area (Å²) < 4.78 is 9.95. The van der Waals surface area contributed by atoms with Crippen molar-refractivity contribution in [2.75, 3.05) is 39.6 Å². The predicted molar refractivity (Wildman–Crippen MR) is 107 cm³/mol. The molecular weight excluding hydrogens is 360 g/mol. The fraction of sp³-hybridized carbons (Fsp3) is 0.833. The van der Waals surface area contributed by atoms with E-state index in [0.717, 1.165) is 0 Å². The molecule has 6 N–H and O–H groups in total. The highest BCUT2D eigenvalue weighted by Crippen LogP contribution is 1.98. The molecule has 0 rings (SSSR count). The average molecular weight is 405 g/mol. The third-order valence-electron chi connectivity index (χ3n) is 1.18. The topological polar surface area (TPSA) is 157 Å². The molecule has 0 amide bonds. The lowest BCUT2D eigenvalue weighted by Gasteiger charge is -2.10. The van der Waals surface area contributed by atoms with Gasteiger partial charge in [0.25, 0.3) is 0 Å².